The van der Waals surface area contributed by atoms with Crippen LogP contribution in [0.25, 0.3) is 0 Å². The number of carbonyl (C=O) groups excluding carboxylic acids is 1. The highest BCUT2D eigenvalue weighted by atomic mass is 32.1. The second kappa shape index (κ2) is 4.93. The summed E-state index contributed by atoms with van der Waals surface area (Å²) in [6.07, 6.45) is 1.46. The van der Waals surface area contributed by atoms with Gasteiger partial charge in [-0.2, -0.15) is 0 Å². The summed E-state index contributed by atoms with van der Waals surface area (Å²) in [4.78, 5) is 13.8. The number of nitrogens with two attached hydrogens (primary N) is 1. The lowest BCUT2D eigenvalue weighted by Crippen LogP contribution is -2.42. The van der Waals surface area contributed by atoms with Gasteiger partial charge in [-0.3, -0.25) is 4.79 Å². The van der Waals surface area contributed by atoms with Crippen molar-refractivity contribution < 1.29 is 9.21 Å². The molecule has 0 bridgehead atoms. The third-order valence-electron chi connectivity index (χ3n) is 1.94. The van der Waals surface area contributed by atoms with Crippen molar-refractivity contribution in [2.24, 2.45) is 5.73 Å². The Morgan fingerprint density at radius 3 is 2.73 bits per heavy atom. The molecule has 0 fully saturated rings. The second-order valence-electron chi connectivity index (χ2n) is 3.47. The maximum Gasteiger partial charge on any atom is 0.290 e. The molecule has 0 radical (unpaired) electrons. The Morgan fingerprint density at radius 1 is 1.67 bits per heavy atom. The van der Waals surface area contributed by atoms with E-state index >= 15 is 0 Å². The highest BCUT2D eigenvalue weighted by Crippen LogP contribution is 2.08. The first-order valence-electron chi connectivity index (χ1n) is 4.65. The van der Waals surface area contributed by atoms with Crippen molar-refractivity contribution >= 4 is 23.1 Å². The van der Waals surface area contributed by atoms with Gasteiger partial charge in [-0.05, 0) is 26.0 Å². The fraction of sp³-hybridized carbons (Fsp3) is 0.400. The van der Waals surface area contributed by atoms with E-state index in [0.717, 1.165) is 0 Å². The molecule has 1 aromatic rings. The predicted octanol–water partition coefficient (Wildman–Crippen LogP) is 1.42. The Labute approximate surface area is 94.0 Å². The molecule has 5 heteroatoms. The number of rotatable bonds is 4. The Morgan fingerprint density at radius 2 is 2.33 bits per heavy atom. The lowest BCUT2D eigenvalue weighted by Gasteiger charge is -2.25. The van der Waals surface area contributed by atoms with Crippen LogP contribution >= 0.6 is 12.2 Å². The summed E-state index contributed by atoms with van der Waals surface area (Å²) < 4.78 is 5.03. The molecule has 0 aliphatic heterocycles. The third-order valence-corrected chi connectivity index (χ3v) is 2.07. The first kappa shape index (κ1) is 11.7. The molecule has 15 heavy (non-hydrogen) atoms. The van der Waals surface area contributed by atoms with Crippen molar-refractivity contribution in [3.8, 4) is 0 Å². The van der Waals surface area contributed by atoms with Gasteiger partial charge in [-0.25, -0.2) is 0 Å². The maximum absolute atomic E-state index is 11.9. The number of hydrogen-bond acceptors (Lipinski definition) is 3. The molecule has 0 aromatic carbocycles. The van der Waals surface area contributed by atoms with Gasteiger partial charge < -0.3 is 15.1 Å². The standard InChI is InChI=1S/C10H14N2O2S/c1-7(2)12(6-9(11)15)10(13)8-4-3-5-14-8/h3-5,7H,6H2,1-2H3,(H2,11,15). The van der Waals surface area contributed by atoms with Gasteiger partial charge >= 0.3 is 0 Å². The third kappa shape index (κ3) is 3.06. The molecule has 1 amide bonds. The summed E-state index contributed by atoms with van der Waals surface area (Å²) >= 11 is 4.79. The number of carbonyl (C=O) groups is 1. The molecule has 2 N–H and O–H groups in total. The summed E-state index contributed by atoms with van der Waals surface area (Å²) in [6.45, 7) is 4.07. The number of nitrogens with zero attached hydrogens (tertiary/aromatic N) is 1. The first-order chi connectivity index (χ1) is 7.02. The lowest BCUT2D eigenvalue weighted by molar-refractivity contribution is 0.0704. The number of thiocarbonyl (C=S) groups is 1. The average Bonchev–Trinajstić information content (AvgIpc) is 2.65. The molecule has 1 aromatic heterocycles. The zero-order chi connectivity index (χ0) is 11.4. The number of hydrogen-bond donors (Lipinski definition) is 1. The van der Waals surface area contributed by atoms with Crippen molar-refractivity contribution in [1.29, 1.82) is 0 Å². The topological polar surface area (TPSA) is 59.5 Å². The SMILES string of the molecule is CC(C)N(CC(N)=S)C(=O)c1ccco1. The van der Waals surface area contributed by atoms with Gasteiger partial charge in [0.1, 0.15) is 0 Å². The molecule has 1 heterocycles. The van der Waals surface area contributed by atoms with E-state index in [-0.39, 0.29) is 18.5 Å². The van der Waals surface area contributed by atoms with Crippen molar-refractivity contribution in [2.75, 3.05) is 6.54 Å². The Bertz CT molecular complexity index is 346. The lowest BCUT2D eigenvalue weighted by atomic mass is 10.3. The van der Waals surface area contributed by atoms with E-state index in [1.165, 1.54) is 6.26 Å². The first-order valence-corrected chi connectivity index (χ1v) is 5.06. The van der Waals surface area contributed by atoms with Crippen LogP contribution in [0, 0.1) is 0 Å². The second-order valence-corrected chi connectivity index (χ2v) is 3.99. The van der Waals surface area contributed by atoms with Crippen LogP contribution in [0.5, 0.6) is 0 Å². The van der Waals surface area contributed by atoms with Gasteiger partial charge in [0.25, 0.3) is 5.91 Å². The van der Waals surface area contributed by atoms with Crippen LogP contribution in [0.4, 0.5) is 0 Å². The highest BCUT2D eigenvalue weighted by molar-refractivity contribution is 7.80. The molecule has 0 aliphatic carbocycles. The van der Waals surface area contributed by atoms with E-state index in [1.54, 1.807) is 17.0 Å². The zero-order valence-electron chi connectivity index (χ0n) is 8.77. The largest absolute Gasteiger partial charge is 0.459 e. The van der Waals surface area contributed by atoms with E-state index in [2.05, 4.69) is 0 Å². The maximum atomic E-state index is 11.9. The van der Waals surface area contributed by atoms with E-state index in [4.69, 9.17) is 22.4 Å². The molecule has 82 valence electrons. The Hall–Kier alpha value is -1.36. The minimum absolute atomic E-state index is 0.0316. The summed E-state index contributed by atoms with van der Waals surface area (Å²) in [5.74, 6) is 0.114. The molecule has 1 rings (SSSR count). The molecule has 0 saturated carbocycles. The molecular weight excluding hydrogens is 212 g/mol. The van der Waals surface area contributed by atoms with Gasteiger partial charge in [0.2, 0.25) is 0 Å². The summed E-state index contributed by atoms with van der Waals surface area (Å²) in [6, 6.07) is 3.33. The minimum Gasteiger partial charge on any atom is -0.459 e. The molecule has 0 unspecified atom stereocenters. The van der Waals surface area contributed by atoms with Gasteiger partial charge in [-0.1, -0.05) is 12.2 Å². The fourth-order valence-electron chi connectivity index (χ4n) is 1.20. The van der Waals surface area contributed by atoms with Crippen molar-refractivity contribution in [3.63, 3.8) is 0 Å². The van der Waals surface area contributed by atoms with Gasteiger partial charge in [0.05, 0.1) is 17.8 Å². The average molecular weight is 226 g/mol. The molecule has 0 atom stereocenters. The molecule has 4 nitrogen and oxygen atoms in total. The van der Waals surface area contributed by atoms with Crippen LogP contribution in [-0.2, 0) is 0 Å². The molecule has 0 saturated heterocycles. The summed E-state index contributed by atoms with van der Waals surface area (Å²) in [5, 5.41) is 0. The Kier molecular flexibility index (Phi) is 3.85. The Balaban J connectivity index is 2.81. The minimum atomic E-state index is -0.192. The zero-order valence-corrected chi connectivity index (χ0v) is 9.58. The number of amides is 1. The smallest absolute Gasteiger partial charge is 0.290 e. The van der Waals surface area contributed by atoms with Crippen molar-refractivity contribution in [2.45, 2.75) is 19.9 Å². The quantitative estimate of drug-likeness (QED) is 0.789. The van der Waals surface area contributed by atoms with Crippen LogP contribution in [0.2, 0.25) is 0 Å². The predicted molar refractivity (Wildman–Crippen MR) is 61.7 cm³/mol. The fourth-order valence-corrected chi connectivity index (χ4v) is 1.34. The van der Waals surface area contributed by atoms with E-state index in [0.29, 0.717) is 10.7 Å². The summed E-state index contributed by atoms with van der Waals surface area (Å²) in [5.41, 5.74) is 5.43. The summed E-state index contributed by atoms with van der Waals surface area (Å²) in [7, 11) is 0. The normalized spacial score (nSPS) is 10.3. The van der Waals surface area contributed by atoms with E-state index < -0.39 is 0 Å². The van der Waals surface area contributed by atoms with Crippen molar-refractivity contribution in [3.05, 3.63) is 24.2 Å². The molecule has 0 aliphatic rings. The number of furan rings is 1. The van der Waals surface area contributed by atoms with E-state index in [1.807, 2.05) is 13.8 Å². The van der Waals surface area contributed by atoms with Gasteiger partial charge in [0.15, 0.2) is 5.76 Å². The van der Waals surface area contributed by atoms with Crippen molar-refractivity contribution in [1.82, 2.24) is 4.90 Å². The molecule has 0 spiro atoms. The highest BCUT2D eigenvalue weighted by Gasteiger charge is 2.21. The van der Waals surface area contributed by atoms with Crippen LogP contribution in [0.15, 0.2) is 22.8 Å². The van der Waals surface area contributed by atoms with Gasteiger partial charge in [0, 0.05) is 6.04 Å². The van der Waals surface area contributed by atoms with Crippen LogP contribution in [0.3, 0.4) is 0 Å². The van der Waals surface area contributed by atoms with E-state index in [9.17, 15) is 4.79 Å². The monoisotopic (exact) mass is 226 g/mol. The van der Waals surface area contributed by atoms with Crippen LogP contribution in [-0.4, -0.2) is 28.4 Å². The molecular formula is C10H14N2O2S. The van der Waals surface area contributed by atoms with Crippen LogP contribution in [0.1, 0.15) is 24.4 Å². The van der Waals surface area contributed by atoms with Gasteiger partial charge in [-0.15, -0.1) is 0 Å². The van der Waals surface area contributed by atoms with Crippen LogP contribution < -0.4 is 5.73 Å².